The highest BCUT2D eigenvalue weighted by Gasteiger charge is 2.13. The first-order valence-electron chi connectivity index (χ1n) is 5.77. The minimum atomic E-state index is -0.984. The van der Waals surface area contributed by atoms with Gasteiger partial charge in [0.25, 0.3) is 0 Å². The van der Waals surface area contributed by atoms with Gasteiger partial charge in [0.15, 0.2) is 5.69 Å². The van der Waals surface area contributed by atoms with Crippen molar-refractivity contribution in [1.29, 1.82) is 0 Å². The number of nitrogens with one attached hydrogen (secondary N) is 1. The minimum Gasteiger partial charge on any atom is -0.477 e. The van der Waals surface area contributed by atoms with Gasteiger partial charge in [-0.2, -0.15) is 11.8 Å². The van der Waals surface area contributed by atoms with Crippen LogP contribution in [0.3, 0.4) is 0 Å². The molecule has 1 aromatic heterocycles. The topological polar surface area (TPSA) is 62.2 Å². The molecule has 1 aromatic rings. The molecule has 0 aromatic carbocycles. The number of anilines is 1. The number of carbonyl (C=O) groups is 1. The van der Waals surface area contributed by atoms with Crippen molar-refractivity contribution >= 4 is 23.5 Å². The van der Waals surface area contributed by atoms with Crippen LogP contribution in [-0.2, 0) is 0 Å². The molecule has 0 amide bonds. The maximum atomic E-state index is 10.8. The van der Waals surface area contributed by atoms with Crippen LogP contribution >= 0.6 is 11.8 Å². The summed E-state index contributed by atoms with van der Waals surface area (Å²) < 4.78 is 0. The van der Waals surface area contributed by atoms with Gasteiger partial charge >= 0.3 is 5.97 Å². The van der Waals surface area contributed by atoms with Crippen molar-refractivity contribution in [3.8, 4) is 0 Å². The zero-order valence-electron chi connectivity index (χ0n) is 9.56. The van der Waals surface area contributed by atoms with Crippen LogP contribution in [0.25, 0.3) is 0 Å². The van der Waals surface area contributed by atoms with Gasteiger partial charge in [0.1, 0.15) is 5.82 Å². The lowest BCUT2D eigenvalue weighted by atomic mass is 10.1. The van der Waals surface area contributed by atoms with Crippen LogP contribution in [0.2, 0.25) is 0 Å². The fourth-order valence-corrected chi connectivity index (χ4v) is 3.02. The molecule has 4 nitrogen and oxygen atoms in total. The van der Waals surface area contributed by atoms with Crippen LogP contribution in [-0.4, -0.2) is 34.1 Å². The normalized spacial score (nSPS) is 19.9. The van der Waals surface area contributed by atoms with Crippen molar-refractivity contribution in [3.63, 3.8) is 0 Å². The number of nitrogens with zero attached hydrogens (tertiary/aromatic N) is 1. The number of rotatable bonds is 4. The molecule has 0 bridgehead atoms. The van der Waals surface area contributed by atoms with Crippen LogP contribution < -0.4 is 5.32 Å². The molecule has 2 heterocycles. The van der Waals surface area contributed by atoms with Crippen LogP contribution in [0.5, 0.6) is 0 Å². The Morgan fingerprint density at radius 2 is 2.47 bits per heavy atom. The molecule has 1 atom stereocenters. The van der Waals surface area contributed by atoms with Crippen molar-refractivity contribution in [3.05, 3.63) is 23.9 Å². The first kappa shape index (κ1) is 12.2. The highest BCUT2D eigenvalue weighted by molar-refractivity contribution is 7.99. The third-order valence-electron chi connectivity index (χ3n) is 2.79. The molecule has 0 saturated carbocycles. The predicted octanol–water partition coefficient (Wildman–Crippen LogP) is 2.33. The highest BCUT2D eigenvalue weighted by Crippen LogP contribution is 2.22. The Bertz CT molecular complexity index is 392. The molecule has 1 saturated heterocycles. The zero-order valence-corrected chi connectivity index (χ0v) is 10.4. The largest absolute Gasteiger partial charge is 0.477 e. The maximum Gasteiger partial charge on any atom is 0.354 e. The van der Waals surface area contributed by atoms with E-state index in [0.29, 0.717) is 11.7 Å². The molecule has 1 aliphatic rings. The van der Waals surface area contributed by atoms with Crippen LogP contribution in [0, 0.1) is 5.92 Å². The summed E-state index contributed by atoms with van der Waals surface area (Å²) in [5, 5.41) is 12.1. The van der Waals surface area contributed by atoms with Gasteiger partial charge in [0.2, 0.25) is 0 Å². The lowest BCUT2D eigenvalue weighted by Gasteiger charge is -2.21. The van der Waals surface area contributed by atoms with Gasteiger partial charge < -0.3 is 10.4 Å². The minimum absolute atomic E-state index is 0.0908. The summed E-state index contributed by atoms with van der Waals surface area (Å²) in [5.41, 5.74) is 0.0908. The van der Waals surface area contributed by atoms with Crippen molar-refractivity contribution in [2.75, 3.05) is 23.4 Å². The van der Waals surface area contributed by atoms with Crippen molar-refractivity contribution < 1.29 is 9.90 Å². The lowest BCUT2D eigenvalue weighted by Crippen LogP contribution is -2.20. The first-order chi connectivity index (χ1) is 8.25. The predicted molar refractivity (Wildman–Crippen MR) is 69.7 cm³/mol. The van der Waals surface area contributed by atoms with Gasteiger partial charge in [-0.05, 0) is 42.4 Å². The molecule has 0 radical (unpaired) electrons. The van der Waals surface area contributed by atoms with Crippen molar-refractivity contribution in [1.82, 2.24) is 4.98 Å². The van der Waals surface area contributed by atoms with Crippen molar-refractivity contribution in [2.24, 2.45) is 5.92 Å². The number of thioether (sulfide) groups is 1. The second-order valence-electron chi connectivity index (χ2n) is 4.18. The molecule has 1 unspecified atom stereocenters. The number of carboxylic acids is 1. The highest BCUT2D eigenvalue weighted by atomic mass is 32.2. The molecule has 0 spiro atoms. The third kappa shape index (κ3) is 3.63. The molecule has 92 valence electrons. The van der Waals surface area contributed by atoms with E-state index < -0.39 is 5.97 Å². The number of aromatic carboxylic acids is 1. The van der Waals surface area contributed by atoms with Gasteiger partial charge in [-0.1, -0.05) is 6.07 Å². The Morgan fingerprint density at radius 3 is 3.18 bits per heavy atom. The van der Waals surface area contributed by atoms with E-state index in [-0.39, 0.29) is 5.69 Å². The van der Waals surface area contributed by atoms with E-state index in [1.165, 1.54) is 30.4 Å². The molecule has 2 rings (SSSR count). The fraction of sp³-hybridized carbons (Fsp3) is 0.500. The van der Waals surface area contributed by atoms with Gasteiger partial charge in [-0.15, -0.1) is 0 Å². The second kappa shape index (κ2) is 5.91. The van der Waals surface area contributed by atoms with Crippen LogP contribution in [0.4, 0.5) is 5.82 Å². The zero-order chi connectivity index (χ0) is 12.1. The Labute approximate surface area is 105 Å². The van der Waals surface area contributed by atoms with Crippen molar-refractivity contribution in [2.45, 2.75) is 12.8 Å². The molecular formula is C12H16N2O2S. The number of hydrogen-bond donors (Lipinski definition) is 2. The summed E-state index contributed by atoms with van der Waals surface area (Å²) in [7, 11) is 0. The van der Waals surface area contributed by atoms with E-state index in [4.69, 9.17) is 5.11 Å². The lowest BCUT2D eigenvalue weighted by molar-refractivity contribution is 0.0690. The van der Waals surface area contributed by atoms with Gasteiger partial charge in [0, 0.05) is 6.54 Å². The maximum absolute atomic E-state index is 10.8. The van der Waals surface area contributed by atoms with Gasteiger partial charge in [-0.3, -0.25) is 0 Å². The van der Waals surface area contributed by atoms with Gasteiger partial charge in [-0.25, -0.2) is 9.78 Å². The summed E-state index contributed by atoms with van der Waals surface area (Å²) >= 11 is 1.99. The molecule has 1 fully saturated rings. The number of carboxylic acid groups (broad SMARTS) is 1. The molecule has 2 N–H and O–H groups in total. The number of hydrogen-bond acceptors (Lipinski definition) is 4. The number of pyridine rings is 1. The quantitative estimate of drug-likeness (QED) is 0.861. The summed E-state index contributed by atoms with van der Waals surface area (Å²) in [6, 6.07) is 5.03. The Morgan fingerprint density at radius 1 is 1.59 bits per heavy atom. The molecule has 17 heavy (non-hydrogen) atoms. The van der Waals surface area contributed by atoms with E-state index in [1.54, 1.807) is 6.07 Å². The van der Waals surface area contributed by atoms with E-state index in [1.807, 2.05) is 17.8 Å². The first-order valence-corrected chi connectivity index (χ1v) is 6.93. The average molecular weight is 252 g/mol. The monoisotopic (exact) mass is 252 g/mol. The smallest absolute Gasteiger partial charge is 0.354 e. The van der Waals surface area contributed by atoms with E-state index >= 15 is 0 Å². The molecular weight excluding hydrogens is 236 g/mol. The van der Waals surface area contributed by atoms with E-state index in [2.05, 4.69) is 10.3 Å². The standard InChI is InChI=1S/C12H16N2O2S/c15-12(16)10-4-1-5-11(14-10)13-7-9-3-2-6-17-8-9/h1,4-5,9H,2-3,6-8H2,(H,13,14)(H,15,16). The average Bonchev–Trinajstić information content (AvgIpc) is 2.38. The molecule has 1 aliphatic heterocycles. The SMILES string of the molecule is O=C(O)c1cccc(NCC2CCCSC2)n1. The third-order valence-corrected chi connectivity index (χ3v) is 4.08. The summed E-state index contributed by atoms with van der Waals surface area (Å²) in [5.74, 6) is 2.79. The van der Waals surface area contributed by atoms with Crippen LogP contribution in [0.15, 0.2) is 18.2 Å². The Hall–Kier alpha value is -1.23. The summed E-state index contributed by atoms with van der Waals surface area (Å²) in [4.78, 5) is 14.8. The number of aromatic nitrogens is 1. The van der Waals surface area contributed by atoms with Crippen LogP contribution in [0.1, 0.15) is 23.3 Å². The molecule has 5 heteroatoms. The van der Waals surface area contributed by atoms with Gasteiger partial charge in [0.05, 0.1) is 0 Å². The second-order valence-corrected chi connectivity index (χ2v) is 5.33. The fourth-order valence-electron chi connectivity index (χ4n) is 1.87. The molecule has 0 aliphatic carbocycles. The Kier molecular flexibility index (Phi) is 4.25. The summed E-state index contributed by atoms with van der Waals surface area (Å²) in [6.45, 7) is 0.878. The van der Waals surface area contributed by atoms with E-state index in [0.717, 1.165) is 6.54 Å². The van der Waals surface area contributed by atoms with E-state index in [9.17, 15) is 4.79 Å². The summed E-state index contributed by atoms with van der Waals surface area (Å²) in [6.07, 6.45) is 2.53. The Balaban J connectivity index is 1.89.